The summed E-state index contributed by atoms with van der Waals surface area (Å²) in [6, 6.07) is 57.6. The van der Waals surface area contributed by atoms with Gasteiger partial charge in [-0.3, -0.25) is 4.98 Å². The van der Waals surface area contributed by atoms with Gasteiger partial charge < -0.3 is 4.42 Å². The first-order chi connectivity index (χ1) is 24.3. The van der Waals surface area contributed by atoms with Crippen LogP contribution >= 0.6 is 0 Å². The second-order valence-corrected chi connectivity index (χ2v) is 12.5. The summed E-state index contributed by atoms with van der Waals surface area (Å²) in [6.07, 6.45) is 1.92. The summed E-state index contributed by atoms with van der Waals surface area (Å²) < 4.78 is 6.30. The van der Waals surface area contributed by atoms with Crippen molar-refractivity contribution in [1.29, 1.82) is 0 Å². The normalized spacial score (nSPS) is 11.7. The van der Waals surface area contributed by atoms with Crippen molar-refractivity contribution in [3.63, 3.8) is 0 Å². The SMILES string of the molecule is c1ccc(-c2cnc3c4ccccc4c4ccccc4c3n2)c(-c2ccc(-c3ccc(-c4cccc5c4oc4ccccc45)cc3)cc2)c1. The molecule has 0 radical (unpaired) electrons. The molecule has 3 heteroatoms. The van der Waals surface area contributed by atoms with Gasteiger partial charge in [0.1, 0.15) is 11.2 Å². The first kappa shape index (κ1) is 27.5. The fourth-order valence-corrected chi connectivity index (χ4v) is 7.37. The summed E-state index contributed by atoms with van der Waals surface area (Å²) in [5.41, 5.74) is 12.5. The lowest BCUT2D eigenvalue weighted by atomic mass is 9.94. The molecular weight excluding hydrogens is 597 g/mol. The van der Waals surface area contributed by atoms with E-state index in [0.717, 1.165) is 77.3 Å². The fourth-order valence-electron chi connectivity index (χ4n) is 7.37. The number of furan rings is 1. The average Bonchev–Trinajstić information content (AvgIpc) is 3.57. The lowest BCUT2D eigenvalue weighted by molar-refractivity contribution is 0.670. The second kappa shape index (κ2) is 11.0. The predicted octanol–water partition coefficient (Wildman–Crippen LogP) is 12.5. The van der Waals surface area contributed by atoms with Gasteiger partial charge in [0.05, 0.1) is 22.9 Å². The van der Waals surface area contributed by atoms with Gasteiger partial charge in [0.15, 0.2) is 0 Å². The van der Waals surface area contributed by atoms with Crippen molar-refractivity contribution in [2.45, 2.75) is 0 Å². The number of hydrogen-bond donors (Lipinski definition) is 0. The molecule has 228 valence electrons. The zero-order chi connectivity index (χ0) is 32.3. The van der Waals surface area contributed by atoms with Crippen molar-refractivity contribution in [2.24, 2.45) is 0 Å². The van der Waals surface area contributed by atoms with Crippen molar-refractivity contribution in [1.82, 2.24) is 9.97 Å². The molecule has 10 rings (SSSR count). The van der Waals surface area contributed by atoms with Crippen LogP contribution in [-0.2, 0) is 0 Å². The summed E-state index contributed by atoms with van der Waals surface area (Å²) in [4.78, 5) is 10.3. The van der Waals surface area contributed by atoms with Gasteiger partial charge in [-0.1, -0.05) is 158 Å². The van der Waals surface area contributed by atoms with E-state index in [-0.39, 0.29) is 0 Å². The molecule has 8 aromatic carbocycles. The highest BCUT2D eigenvalue weighted by atomic mass is 16.3. The molecular formula is C46H28N2O. The Morgan fingerprint density at radius 2 is 0.837 bits per heavy atom. The van der Waals surface area contributed by atoms with Crippen LogP contribution in [0.4, 0.5) is 0 Å². The molecule has 2 aromatic heterocycles. The highest BCUT2D eigenvalue weighted by Crippen LogP contribution is 2.38. The van der Waals surface area contributed by atoms with Crippen LogP contribution in [0.3, 0.4) is 0 Å². The number of hydrogen-bond acceptors (Lipinski definition) is 3. The van der Waals surface area contributed by atoms with Crippen LogP contribution < -0.4 is 0 Å². The van der Waals surface area contributed by atoms with Crippen LogP contribution in [0.1, 0.15) is 0 Å². The minimum atomic E-state index is 0.864. The van der Waals surface area contributed by atoms with Gasteiger partial charge in [0, 0.05) is 32.7 Å². The number of nitrogens with zero attached hydrogens (tertiary/aromatic N) is 2. The average molecular weight is 625 g/mol. The molecule has 0 bridgehead atoms. The Kier molecular flexibility index (Phi) is 6.18. The van der Waals surface area contributed by atoms with E-state index in [0.29, 0.717) is 0 Å². The molecule has 0 amide bonds. The third kappa shape index (κ3) is 4.44. The van der Waals surface area contributed by atoms with E-state index in [9.17, 15) is 0 Å². The largest absolute Gasteiger partial charge is 0.455 e. The quantitative estimate of drug-likeness (QED) is 0.183. The maximum atomic E-state index is 6.30. The van der Waals surface area contributed by atoms with Gasteiger partial charge in [0.2, 0.25) is 0 Å². The number of fused-ring (bicyclic) bond motifs is 9. The summed E-state index contributed by atoms with van der Waals surface area (Å²) in [7, 11) is 0. The zero-order valence-electron chi connectivity index (χ0n) is 26.5. The van der Waals surface area contributed by atoms with Crippen LogP contribution in [0.25, 0.3) is 99.2 Å². The maximum absolute atomic E-state index is 6.30. The Morgan fingerprint density at radius 1 is 0.347 bits per heavy atom. The Hall–Kier alpha value is -6.58. The first-order valence-electron chi connectivity index (χ1n) is 16.6. The van der Waals surface area contributed by atoms with Crippen LogP contribution in [-0.4, -0.2) is 9.97 Å². The van der Waals surface area contributed by atoms with E-state index < -0.39 is 0 Å². The number of benzene rings is 8. The van der Waals surface area contributed by atoms with E-state index in [1.807, 2.05) is 18.3 Å². The minimum Gasteiger partial charge on any atom is -0.455 e. The van der Waals surface area contributed by atoms with E-state index in [1.165, 1.54) is 21.9 Å². The summed E-state index contributed by atoms with van der Waals surface area (Å²) in [5, 5.41) is 6.93. The summed E-state index contributed by atoms with van der Waals surface area (Å²) >= 11 is 0. The molecule has 0 atom stereocenters. The van der Waals surface area contributed by atoms with Crippen LogP contribution in [0, 0.1) is 0 Å². The fraction of sp³-hybridized carbons (Fsp3) is 0. The van der Waals surface area contributed by atoms with Gasteiger partial charge in [0.25, 0.3) is 0 Å². The van der Waals surface area contributed by atoms with Crippen molar-refractivity contribution in [3.8, 4) is 44.6 Å². The molecule has 0 N–H and O–H groups in total. The molecule has 0 aliphatic heterocycles. The van der Waals surface area contributed by atoms with Crippen molar-refractivity contribution in [2.75, 3.05) is 0 Å². The predicted molar refractivity (Wildman–Crippen MR) is 204 cm³/mol. The summed E-state index contributed by atoms with van der Waals surface area (Å²) in [6.45, 7) is 0. The lowest BCUT2D eigenvalue weighted by Crippen LogP contribution is -1.93. The number of aromatic nitrogens is 2. The van der Waals surface area contributed by atoms with Gasteiger partial charge in [-0.25, -0.2) is 4.98 Å². The Morgan fingerprint density at radius 3 is 1.53 bits per heavy atom. The van der Waals surface area contributed by atoms with Crippen molar-refractivity contribution < 1.29 is 4.42 Å². The Bertz CT molecular complexity index is 2830. The van der Waals surface area contributed by atoms with Gasteiger partial charge in [-0.05, 0) is 44.7 Å². The molecule has 0 saturated heterocycles. The Balaban J connectivity index is 1.00. The van der Waals surface area contributed by atoms with E-state index in [2.05, 4.69) is 152 Å². The molecule has 10 aromatic rings. The van der Waals surface area contributed by atoms with Crippen LogP contribution in [0.5, 0.6) is 0 Å². The van der Waals surface area contributed by atoms with Crippen molar-refractivity contribution >= 4 is 54.5 Å². The molecule has 0 aliphatic carbocycles. The molecule has 49 heavy (non-hydrogen) atoms. The van der Waals surface area contributed by atoms with Gasteiger partial charge in [-0.15, -0.1) is 0 Å². The second-order valence-electron chi connectivity index (χ2n) is 12.5. The topological polar surface area (TPSA) is 38.9 Å². The van der Waals surface area contributed by atoms with Crippen LogP contribution in [0.2, 0.25) is 0 Å². The lowest BCUT2D eigenvalue weighted by Gasteiger charge is -2.13. The molecule has 0 unspecified atom stereocenters. The molecule has 0 saturated carbocycles. The van der Waals surface area contributed by atoms with E-state index in [4.69, 9.17) is 14.4 Å². The standard InChI is InChI=1S/C46H28N2O/c1-4-13-37(42-28-47-44-39-15-5-2-11-35(39)36-12-3-6-16-40(36)45(44)48-42)33(10-1)31-24-20-29(21-25-31)30-22-26-32(27-23-30)34-17-9-18-41-38-14-7-8-19-43(38)49-46(34)41/h1-28H. The third-order valence-electron chi connectivity index (χ3n) is 9.76. The number of rotatable bonds is 4. The monoisotopic (exact) mass is 624 g/mol. The molecule has 0 aliphatic rings. The summed E-state index contributed by atoms with van der Waals surface area (Å²) in [5.74, 6) is 0. The molecule has 0 spiro atoms. The van der Waals surface area contributed by atoms with E-state index >= 15 is 0 Å². The third-order valence-corrected chi connectivity index (χ3v) is 9.76. The highest BCUT2D eigenvalue weighted by Gasteiger charge is 2.15. The maximum Gasteiger partial charge on any atom is 0.143 e. The Labute approximate surface area is 282 Å². The molecule has 0 fully saturated rings. The van der Waals surface area contributed by atoms with Crippen molar-refractivity contribution in [3.05, 3.63) is 170 Å². The molecule has 2 heterocycles. The van der Waals surface area contributed by atoms with Crippen LogP contribution in [0.15, 0.2) is 174 Å². The smallest absolute Gasteiger partial charge is 0.143 e. The molecule has 3 nitrogen and oxygen atoms in total. The minimum absolute atomic E-state index is 0.864. The zero-order valence-corrected chi connectivity index (χ0v) is 26.5. The van der Waals surface area contributed by atoms with Gasteiger partial charge >= 0.3 is 0 Å². The number of para-hydroxylation sites is 2. The highest BCUT2D eigenvalue weighted by molar-refractivity contribution is 6.23. The van der Waals surface area contributed by atoms with E-state index in [1.54, 1.807) is 0 Å². The first-order valence-corrected chi connectivity index (χ1v) is 16.6. The van der Waals surface area contributed by atoms with Gasteiger partial charge in [-0.2, -0.15) is 0 Å².